The Morgan fingerprint density at radius 1 is 1.04 bits per heavy atom. The van der Waals surface area contributed by atoms with E-state index in [-0.39, 0.29) is 23.8 Å². The summed E-state index contributed by atoms with van der Waals surface area (Å²) >= 11 is 0. The molecular weight excluding hydrogens is 350 g/mol. The third-order valence-electron chi connectivity index (χ3n) is 5.99. The zero-order valence-electron chi connectivity index (χ0n) is 16.5. The number of rotatable bonds is 4. The van der Waals surface area contributed by atoms with Crippen molar-refractivity contribution >= 4 is 23.2 Å². The van der Waals surface area contributed by atoms with Crippen LogP contribution in [0.3, 0.4) is 0 Å². The molecule has 2 aromatic carbocycles. The second kappa shape index (κ2) is 7.66. The topological polar surface area (TPSA) is 52.7 Å². The molecule has 0 unspecified atom stereocenters. The highest BCUT2D eigenvalue weighted by molar-refractivity contribution is 6.01. The second-order valence-corrected chi connectivity index (χ2v) is 7.90. The van der Waals surface area contributed by atoms with Crippen LogP contribution in [-0.4, -0.2) is 42.4 Å². The number of likely N-dealkylation sites (tertiary alicyclic amines) is 1. The molecule has 0 aromatic heterocycles. The number of aryl methyl sites for hydroxylation is 1. The predicted molar refractivity (Wildman–Crippen MR) is 111 cm³/mol. The zero-order chi connectivity index (χ0) is 19.7. The molecule has 2 saturated heterocycles. The number of nitrogens with one attached hydrogen (secondary N) is 1. The molecule has 2 aliphatic rings. The number of para-hydroxylation sites is 1. The lowest BCUT2D eigenvalue weighted by Gasteiger charge is -2.22. The average molecular weight is 377 g/mol. The first-order valence-electron chi connectivity index (χ1n) is 10.00. The fourth-order valence-electron chi connectivity index (χ4n) is 4.24. The average Bonchev–Trinajstić information content (AvgIpc) is 3.31. The molecule has 2 aliphatic heterocycles. The van der Waals surface area contributed by atoms with Crippen LogP contribution in [0, 0.1) is 19.8 Å². The number of hydrogen-bond acceptors (Lipinski definition) is 3. The van der Waals surface area contributed by atoms with E-state index in [9.17, 15) is 9.59 Å². The SMILES string of the molecule is Cc1cccc(N2C[C@H](C(=O)N3CC[C@H](Nc4ccccc4)C3)CC2=O)c1C. The third kappa shape index (κ3) is 3.61. The molecule has 2 amide bonds. The predicted octanol–water partition coefficient (Wildman–Crippen LogP) is 3.37. The van der Waals surface area contributed by atoms with Gasteiger partial charge < -0.3 is 15.1 Å². The van der Waals surface area contributed by atoms with Crippen molar-refractivity contribution in [3.63, 3.8) is 0 Å². The van der Waals surface area contributed by atoms with Crippen molar-refractivity contribution in [2.24, 2.45) is 5.92 Å². The van der Waals surface area contributed by atoms with Gasteiger partial charge in [-0.05, 0) is 49.6 Å². The molecule has 0 saturated carbocycles. The molecule has 146 valence electrons. The number of carbonyl (C=O) groups excluding carboxylic acids is 2. The molecule has 28 heavy (non-hydrogen) atoms. The van der Waals surface area contributed by atoms with Gasteiger partial charge in [0.15, 0.2) is 0 Å². The number of anilines is 2. The minimum atomic E-state index is -0.247. The monoisotopic (exact) mass is 377 g/mol. The van der Waals surface area contributed by atoms with Crippen LogP contribution >= 0.6 is 0 Å². The van der Waals surface area contributed by atoms with Crippen LogP contribution in [-0.2, 0) is 9.59 Å². The number of benzene rings is 2. The normalized spacial score (nSPS) is 22.0. The standard InChI is InChI=1S/C23H27N3O2/c1-16-7-6-10-21(17(16)2)26-14-18(13-22(26)27)23(28)25-12-11-20(15-25)24-19-8-4-3-5-9-19/h3-10,18,20,24H,11-15H2,1-2H3/t18-,20+/m1/s1. The van der Waals surface area contributed by atoms with Crippen LogP contribution in [0.1, 0.15) is 24.0 Å². The highest BCUT2D eigenvalue weighted by Crippen LogP contribution is 2.31. The van der Waals surface area contributed by atoms with Gasteiger partial charge in [-0.3, -0.25) is 9.59 Å². The Morgan fingerprint density at radius 2 is 1.82 bits per heavy atom. The van der Waals surface area contributed by atoms with Crippen molar-refractivity contribution in [2.75, 3.05) is 29.9 Å². The fraction of sp³-hybridized carbons (Fsp3) is 0.391. The Labute approximate surface area is 166 Å². The van der Waals surface area contributed by atoms with Crippen molar-refractivity contribution in [1.82, 2.24) is 4.90 Å². The van der Waals surface area contributed by atoms with Gasteiger partial charge in [-0.2, -0.15) is 0 Å². The Morgan fingerprint density at radius 3 is 2.61 bits per heavy atom. The maximum absolute atomic E-state index is 13.0. The van der Waals surface area contributed by atoms with Gasteiger partial charge in [0.2, 0.25) is 11.8 Å². The van der Waals surface area contributed by atoms with Crippen LogP contribution in [0.25, 0.3) is 0 Å². The van der Waals surface area contributed by atoms with Crippen molar-refractivity contribution in [1.29, 1.82) is 0 Å². The van der Waals surface area contributed by atoms with Gasteiger partial charge in [0.25, 0.3) is 0 Å². The molecule has 0 spiro atoms. The summed E-state index contributed by atoms with van der Waals surface area (Å²) in [6.45, 7) is 6.01. The summed E-state index contributed by atoms with van der Waals surface area (Å²) in [5.41, 5.74) is 4.29. The molecule has 1 N–H and O–H groups in total. The van der Waals surface area contributed by atoms with Crippen LogP contribution in [0.2, 0.25) is 0 Å². The second-order valence-electron chi connectivity index (χ2n) is 7.90. The van der Waals surface area contributed by atoms with Gasteiger partial charge >= 0.3 is 0 Å². The lowest BCUT2D eigenvalue weighted by molar-refractivity contribution is -0.134. The van der Waals surface area contributed by atoms with Crippen LogP contribution in [0.15, 0.2) is 48.5 Å². The summed E-state index contributed by atoms with van der Waals surface area (Å²) < 4.78 is 0. The highest BCUT2D eigenvalue weighted by atomic mass is 16.2. The van der Waals surface area contributed by atoms with Crippen molar-refractivity contribution < 1.29 is 9.59 Å². The summed E-state index contributed by atoms with van der Waals surface area (Å²) in [6.07, 6.45) is 1.24. The maximum atomic E-state index is 13.0. The lowest BCUT2D eigenvalue weighted by atomic mass is 10.1. The molecule has 2 atom stereocenters. The summed E-state index contributed by atoms with van der Waals surface area (Å²) in [6, 6.07) is 16.4. The largest absolute Gasteiger partial charge is 0.380 e. The Hall–Kier alpha value is -2.82. The van der Waals surface area contributed by atoms with Crippen LogP contribution in [0.4, 0.5) is 11.4 Å². The minimum Gasteiger partial charge on any atom is -0.380 e. The summed E-state index contributed by atoms with van der Waals surface area (Å²) in [5.74, 6) is -0.0911. The van der Waals surface area contributed by atoms with E-state index in [1.807, 2.05) is 67.3 Å². The summed E-state index contributed by atoms with van der Waals surface area (Å²) in [5, 5.41) is 3.50. The van der Waals surface area contributed by atoms with E-state index >= 15 is 0 Å². The summed E-state index contributed by atoms with van der Waals surface area (Å²) in [7, 11) is 0. The first-order valence-corrected chi connectivity index (χ1v) is 10.00. The molecule has 0 radical (unpaired) electrons. The molecular formula is C23H27N3O2. The molecule has 2 heterocycles. The molecule has 5 heteroatoms. The van der Waals surface area contributed by atoms with E-state index in [2.05, 4.69) is 5.32 Å². The van der Waals surface area contributed by atoms with E-state index in [1.54, 1.807) is 4.90 Å². The number of amides is 2. The Kier molecular flexibility index (Phi) is 5.07. The van der Waals surface area contributed by atoms with E-state index in [4.69, 9.17) is 0 Å². The van der Waals surface area contributed by atoms with Gasteiger partial charge in [0.05, 0.1) is 5.92 Å². The van der Waals surface area contributed by atoms with Gasteiger partial charge in [-0.15, -0.1) is 0 Å². The van der Waals surface area contributed by atoms with E-state index < -0.39 is 0 Å². The number of carbonyl (C=O) groups is 2. The Bertz CT molecular complexity index is 881. The van der Waals surface area contributed by atoms with Crippen molar-refractivity contribution in [2.45, 2.75) is 32.7 Å². The van der Waals surface area contributed by atoms with Crippen molar-refractivity contribution in [3.05, 3.63) is 59.7 Å². The summed E-state index contributed by atoms with van der Waals surface area (Å²) in [4.78, 5) is 29.4. The zero-order valence-corrected chi connectivity index (χ0v) is 16.5. The maximum Gasteiger partial charge on any atom is 0.228 e. The van der Waals surface area contributed by atoms with Gasteiger partial charge in [0.1, 0.15) is 0 Å². The molecule has 5 nitrogen and oxygen atoms in total. The molecule has 4 rings (SSSR count). The smallest absolute Gasteiger partial charge is 0.228 e. The highest BCUT2D eigenvalue weighted by Gasteiger charge is 2.39. The Balaban J connectivity index is 1.39. The first kappa shape index (κ1) is 18.5. The van der Waals surface area contributed by atoms with Gasteiger partial charge in [-0.1, -0.05) is 30.3 Å². The lowest BCUT2D eigenvalue weighted by Crippen LogP contribution is -2.37. The van der Waals surface area contributed by atoms with Crippen LogP contribution in [0.5, 0.6) is 0 Å². The first-order chi connectivity index (χ1) is 13.5. The van der Waals surface area contributed by atoms with Crippen LogP contribution < -0.4 is 10.2 Å². The van der Waals surface area contributed by atoms with E-state index in [1.165, 1.54) is 0 Å². The van der Waals surface area contributed by atoms with Crippen molar-refractivity contribution in [3.8, 4) is 0 Å². The fourth-order valence-corrected chi connectivity index (χ4v) is 4.24. The number of hydrogen-bond donors (Lipinski definition) is 1. The third-order valence-corrected chi connectivity index (χ3v) is 5.99. The minimum absolute atomic E-state index is 0.0465. The molecule has 2 aromatic rings. The van der Waals surface area contributed by atoms with E-state index in [0.717, 1.165) is 35.5 Å². The number of nitrogens with zero attached hydrogens (tertiary/aromatic N) is 2. The van der Waals surface area contributed by atoms with Gasteiger partial charge in [0, 0.05) is 43.5 Å². The molecule has 0 aliphatic carbocycles. The quantitative estimate of drug-likeness (QED) is 0.889. The van der Waals surface area contributed by atoms with E-state index in [0.29, 0.717) is 19.5 Å². The van der Waals surface area contributed by atoms with Gasteiger partial charge in [-0.25, -0.2) is 0 Å². The molecule has 0 bridgehead atoms. The molecule has 2 fully saturated rings.